The van der Waals surface area contributed by atoms with E-state index in [0.29, 0.717) is 26.2 Å². The highest BCUT2D eigenvalue weighted by Gasteiger charge is 2.37. The van der Waals surface area contributed by atoms with Crippen molar-refractivity contribution in [1.29, 1.82) is 0 Å². The molecule has 0 unspecified atom stereocenters. The molecular weight excluding hydrogens is 292 g/mol. The van der Waals surface area contributed by atoms with Gasteiger partial charge in [0.2, 0.25) is 11.8 Å². The van der Waals surface area contributed by atoms with E-state index in [1.165, 1.54) is 0 Å². The topological polar surface area (TPSA) is 78.7 Å². The first-order valence-corrected chi connectivity index (χ1v) is 7.45. The van der Waals surface area contributed by atoms with Crippen LogP contribution in [0.5, 0.6) is 0 Å². The fraction of sp³-hybridized carbons (Fsp3) is 0.857. The predicted molar refractivity (Wildman–Crippen MR) is 86.4 cm³/mol. The monoisotopic (exact) mass is 320 g/mol. The Bertz CT molecular complexity index is 332. The van der Waals surface area contributed by atoms with Gasteiger partial charge in [-0.05, 0) is 12.8 Å². The quantitative estimate of drug-likeness (QED) is 0.725. The van der Waals surface area contributed by atoms with E-state index in [1.54, 1.807) is 7.05 Å². The number of carbonyl (C=O) groups is 2. The van der Waals surface area contributed by atoms with Gasteiger partial charge in [0.05, 0.1) is 12.0 Å². The smallest absolute Gasteiger partial charge is 0.233 e. The van der Waals surface area contributed by atoms with Crippen LogP contribution in [0.1, 0.15) is 26.7 Å². The normalized spacial score (nSPS) is 16.3. The van der Waals surface area contributed by atoms with Crippen molar-refractivity contribution >= 4 is 24.2 Å². The van der Waals surface area contributed by atoms with E-state index < -0.39 is 5.41 Å². The second-order valence-electron chi connectivity index (χ2n) is 5.43. The highest BCUT2D eigenvalue weighted by molar-refractivity contribution is 5.85. The summed E-state index contributed by atoms with van der Waals surface area (Å²) in [5, 5.41) is 2.62. The average molecular weight is 321 g/mol. The van der Waals surface area contributed by atoms with Crippen molar-refractivity contribution in [3.63, 3.8) is 0 Å². The third-order valence-electron chi connectivity index (χ3n) is 4.50. The molecule has 1 rings (SSSR count). The number of hydrogen-bond acceptors (Lipinski definition) is 4. The summed E-state index contributed by atoms with van der Waals surface area (Å²) in [6, 6.07) is 0. The molecule has 124 valence electrons. The minimum Gasteiger partial charge on any atom is -0.358 e. The van der Waals surface area contributed by atoms with Crippen molar-refractivity contribution < 1.29 is 9.59 Å². The molecule has 0 bridgehead atoms. The summed E-state index contributed by atoms with van der Waals surface area (Å²) in [6.07, 6.45) is 1.55. The van der Waals surface area contributed by atoms with Gasteiger partial charge in [0, 0.05) is 39.8 Å². The zero-order valence-electron chi connectivity index (χ0n) is 13.4. The number of likely N-dealkylation sites (N-methyl/N-ethyl adjacent to an activating group) is 1. The van der Waals surface area contributed by atoms with Crippen molar-refractivity contribution in [1.82, 2.24) is 15.1 Å². The van der Waals surface area contributed by atoms with Gasteiger partial charge in [-0.15, -0.1) is 12.4 Å². The van der Waals surface area contributed by atoms with Crippen LogP contribution >= 0.6 is 12.4 Å². The number of carbonyl (C=O) groups excluding carboxylic acids is 2. The second-order valence-corrected chi connectivity index (χ2v) is 5.43. The fourth-order valence-corrected chi connectivity index (χ4v) is 2.66. The Morgan fingerprint density at radius 3 is 2.05 bits per heavy atom. The molecule has 1 aliphatic heterocycles. The number of amides is 2. The molecule has 0 aromatic rings. The van der Waals surface area contributed by atoms with Gasteiger partial charge in [-0.25, -0.2) is 0 Å². The number of halogens is 1. The van der Waals surface area contributed by atoms with Crippen LogP contribution in [0.25, 0.3) is 0 Å². The molecule has 0 spiro atoms. The van der Waals surface area contributed by atoms with E-state index in [0.717, 1.165) is 25.9 Å². The molecule has 3 N–H and O–H groups in total. The van der Waals surface area contributed by atoms with Crippen LogP contribution in [0.2, 0.25) is 0 Å². The lowest BCUT2D eigenvalue weighted by Crippen LogP contribution is -2.55. The number of piperazine rings is 1. The minimum atomic E-state index is -0.414. The molecule has 6 nitrogen and oxygen atoms in total. The Labute approximate surface area is 133 Å². The summed E-state index contributed by atoms with van der Waals surface area (Å²) in [5.41, 5.74) is 5.42. The van der Waals surface area contributed by atoms with Crippen LogP contribution in [-0.4, -0.2) is 67.9 Å². The molecule has 21 heavy (non-hydrogen) atoms. The Balaban J connectivity index is 0.00000400. The van der Waals surface area contributed by atoms with Gasteiger partial charge in [-0.3, -0.25) is 14.5 Å². The molecule has 0 aliphatic carbocycles. The Morgan fingerprint density at radius 2 is 1.67 bits per heavy atom. The van der Waals surface area contributed by atoms with Crippen LogP contribution in [0.3, 0.4) is 0 Å². The van der Waals surface area contributed by atoms with E-state index in [2.05, 4.69) is 10.2 Å². The molecule has 0 aromatic heterocycles. The Morgan fingerprint density at radius 1 is 1.14 bits per heavy atom. The Kier molecular flexibility index (Phi) is 8.85. The number of rotatable bonds is 6. The van der Waals surface area contributed by atoms with Crippen LogP contribution < -0.4 is 11.1 Å². The maximum absolute atomic E-state index is 12.6. The molecule has 0 radical (unpaired) electrons. The van der Waals surface area contributed by atoms with Crippen molar-refractivity contribution in [2.24, 2.45) is 11.1 Å². The van der Waals surface area contributed by atoms with Gasteiger partial charge in [0.1, 0.15) is 0 Å². The summed E-state index contributed by atoms with van der Waals surface area (Å²) in [4.78, 5) is 28.0. The lowest BCUT2D eigenvalue weighted by molar-refractivity contribution is -0.144. The van der Waals surface area contributed by atoms with Crippen molar-refractivity contribution in [3.05, 3.63) is 0 Å². The molecular formula is C14H29ClN4O2. The summed E-state index contributed by atoms with van der Waals surface area (Å²) < 4.78 is 0. The Hall–Kier alpha value is -0.850. The molecule has 1 aliphatic rings. The van der Waals surface area contributed by atoms with Crippen molar-refractivity contribution in [2.45, 2.75) is 26.7 Å². The third kappa shape index (κ3) is 4.83. The summed E-state index contributed by atoms with van der Waals surface area (Å²) >= 11 is 0. The zero-order valence-corrected chi connectivity index (χ0v) is 14.2. The standard InChI is InChI=1S/C14H28N4O2.ClH/c1-4-14(5-2,11-15)13(20)18-8-6-17(7-9-18)10-12(19)16-3;/h4-11,15H2,1-3H3,(H,16,19);1H. The van der Waals surface area contributed by atoms with Gasteiger partial charge < -0.3 is 16.0 Å². The molecule has 0 atom stereocenters. The van der Waals surface area contributed by atoms with E-state index in [-0.39, 0.29) is 24.2 Å². The van der Waals surface area contributed by atoms with Gasteiger partial charge in [0.25, 0.3) is 0 Å². The van der Waals surface area contributed by atoms with Gasteiger partial charge in [-0.1, -0.05) is 13.8 Å². The fourth-order valence-electron chi connectivity index (χ4n) is 2.66. The maximum atomic E-state index is 12.6. The predicted octanol–water partition coefficient (Wildman–Crippen LogP) is 0.0635. The lowest BCUT2D eigenvalue weighted by Gasteiger charge is -2.40. The number of hydrogen-bond donors (Lipinski definition) is 2. The van der Waals surface area contributed by atoms with E-state index in [9.17, 15) is 9.59 Å². The minimum absolute atomic E-state index is 0. The van der Waals surface area contributed by atoms with Crippen molar-refractivity contribution in [2.75, 3.05) is 46.3 Å². The van der Waals surface area contributed by atoms with Crippen LogP contribution in [0, 0.1) is 5.41 Å². The third-order valence-corrected chi connectivity index (χ3v) is 4.50. The maximum Gasteiger partial charge on any atom is 0.233 e. The average Bonchev–Trinajstić information content (AvgIpc) is 2.50. The van der Waals surface area contributed by atoms with E-state index in [1.807, 2.05) is 18.7 Å². The van der Waals surface area contributed by atoms with Crippen molar-refractivity contribution in [3.8, 4) is 0 Å². The number of nitrogens with zero attached hydrogens (tertiary/aromatic N) is 2. The van der Waals surface area contributed by atoms with Gasteiger partial charge in [-0.2, -0.15) is 0 Å². The molecule has 2 amide bonds. The molecule has 0 saturated carbocycles. The summed E-state index contributed by atoms with van der Waals surface area (Å²) in [5.74, 6) is 0.188. The zero-order chi connectivity index (χ0) is 15.2. The molecule has 7 heteroatoms. The number of nitrogens with one attached hydrogen (secondary N) is 1. The first kappa shape index (κ1) is 20.1. The second kappa shape index (κ2) is 9.23. The number of nitrogens with two attached hydrogens (primary N) is 1. The summed E-state index contributed by atoms with van der Waals surface area (Å²) in [6.45, 7) is 7.70. The molecule has 0 aromatic carbocycles. The van der Waals surface area contributed by atoms with Crippen LogP contribution in [0.15, 0.2) is 0 Å². The largest absolute Gasteiger partial charge is 0.358 e. The first-order chi connectivity index (χ1) is 9.52. The van der Waals surface area contributed by atoms with Gasteiger partial charge in [0.15, 0.2) is 0 Å². The van der Waals surface area contributed by atoms with Crippen LogP contribution in [-0.2, 0) is 9.59 Å². The molecule has 1 saturated heterocycles. The molecule has 1 heterocycles. The molecule has 1 fully saturated rings. The highest BCUT2D eigenvalue weighted by atomic mass is 35.5. The first-order valence-electron chi connectivity index (χ1n) is 7.45. The SMILES string of the molecule is CCC(CC)(CN)C(=O)N1CCN(CC(=O)NC)CC1.Cl. The summed E-state index contributed by atoms with van der Waals surface area (Å²) in [7, 11) is 1.64. The van der Waals surface area contributed by atoms with Crippen LogP contribution in [0.4, 0.5) is 0 Å². The van der Waals surface area contributed by atoms with Gasteiger partial charge >= 0.3 is 0 Å². The van der Waals surface area contributed by atoms with E-state index >= 15 is 0 Å². The highest BCUT2D eigenvalue weighted by Crippen LogP contribution is 2.28. The van der Waals surface area contributed by atoms with E-state index in [4.69, 9.17) is 5.73 Å². The lowest BCUT2D eigenvalue weighted by atomic mass is 9.81.